The maximum absolute atomic E-state index is 12.6. The third-order valence-corrected chi connectivity index (χ3v) is 5.38. The van der Waals surface area contributed by atoms with E-state index in [-0.39, 0.29) is 11.9 Å². The summed E-state index contributed by atoms with van der Waals surface area (Å²) in [6, 6.07) is 18.4. The van der Waals surface area contributed by atoms with Crippen molar-refractivity contribution in [3.05, 3.63) is 76.8 Å². The lowest BCUT2D eigenvalue weighted by Crippen LogP contribution is -2.31. The Hall–Kier alpha value is -2.46. The van der Waals surface area contributed by atoms with Gasteiger partial charge in [-0.2, -0.15) is 0 Å². The van der Waals surface area contributed by atoms with E-state index in [1.807, 2.05) is 49.7 Å². The van der Waals surface area contributed by atoms with Gasteiger partial charge in [-0.1, -0.05) is 60.2 Å². The third-order valence-electron chi connectivity index (χ3n) is 4.44. The molecule has 0 radical (unpaired) electrons. The zero-order valence-electron chi connectivity index (χ0n) is 14.8. The molecule has 3 rings (SSSR count). The Bertz CT molecular complexity index is 840. The summed E-state index contributed by atoms with van der Waals surface area (Å²) in [5, 5.41) is 2.94. The highest BCUT2D eigenvalue weighted by atomic mass is 32.1. The molecule has 0 spiro atoms. The lowest BCUT2D eigenvalue weighted by atomic mass is 10.1. The smallest absolute Gasteiger partial charge is 0.228 e. The van der Waals surface area contributed by atoms with Crippen molar-refractivity contribution in [1.82, 2.24) is 9.88 Å². The third kappa shape index (κ3) is 4.15. The number of thiazole rings is 1. The summed E-state index contributed by atoms with van der Waals surface area (Å²) in [5.41, 5.74) is 4.29. The molecule has 0 bridgehead atoms. The first-order valence-corrected chi connectivity index (χ1v) is 9.24. The molecule has 0 aliphatic carbocycles. The molecular weight excluding hydrogens is 328 g/mol. The van der Waals surface area contributed by atoms with Gasteiger partial charge in [0.05, 0.1) is 18.2 Å². The lowest BCUT2D eigenvalue weighted by Gasteiger charge is -2.25. The standard InChI is InChI=1S/C21H22N2OS/c1-15-9-11-18(12-10-15)21-22-19(14-25-21)13-20(24)23(3)16(2)17-7-5-4-6-8-17/h4-12,14,16H,13H2,1-3H3/t16-/m1/s1. The number of nitrogens with zero attached hydrogens (tertiary/aromatic N) is 2. The summed E-state index contributed by atoms with van der Waals surface area (Å²) in [4.78, 5) is 19.0. The van der Waals surface area contributed by atoms with Crippen LogP contribution in [0, 0.1) is 6.92 Å². The topological polar surface area (TPSA) is 33.2 Å². The van der Waals surface area contributed by atoms with Gasteiger partial charge in [-0.15, -0.1) is 11.3 Å². The van der Waals surface area contributed by atoms with Crippen LogP contribution < -0.4 is 0 Å². The molecule has 3 nitrogen and oxygen atoms in total. The number of benzene rings is 2. The second-order valence-corrected chi connectivity index (χ2v) is 7.14. The van der Waals surface area contributed by atoms with Crippen LogP contribution in [0.25, 0.3) is 10.6 Å². The predicted molar refractivity (Wildman–Crippen MR) is 104 cm³/mol. The number of carbonyl (C=O) groups is 1. The molecular formula is C21H22N2OS. The van der Waals surface area contributed by atoms with Gasteiger partial charge >= 0.3 is 0 Å². The molecule has 25 heavy (non-hydrogen) atoms. The molecule has 0 unspecified atom stereocenters. The number of hydrogen-bond acceptors (Lipinski definition) is 3. The number of aromatic nitrogens is 1. The van der Waals surface area contributed by atoms with Crippen LogP contribution in [0.4, 0.5) is 0 Å². The van der Waals surface area contributed by atoms with Crippen molar-refractivity contribution in [3.63, 3.8) is 0 Å². The molecule has 3 aromatic rings. The first-order valence-electron chi connectivity index (χ1n) is 8.36. The maximum atomic E-state index is 12.6. The summed E-state index contributed by atoms with van der Waals surface area (Å²) in [5.74, 6) is 0.0807. The van der Waals surface area contributed by atoms with Crippen LogP contribution in [0.1, 0.15) is 29.8 Å². The lowest BCUT2D eigenvalue weighted by molar-refractivity contribution is -0.131. The average molecular weight is 350 g/mol. The molecule has 0 aliphatic heterocycles. The SMILES string of the molecule is Cc1ccc(-c2nc(CC(=O)N(C)[C@H](C)c3ccccc3)cs2)cc1. The first-order chi connectivity index (χ1) is 12.0. The monoisotopic (exact) mass is 350 g/mol. The number of amides is 1. The predicted octanol–water partition coefficient (Wildman–Crippen LogP) is 4.88. The van der Waals surface area contributed by atoms with Crippen molar-refractivity contribution in [3.8, 4) is 10.6 Å². The number of likely N-dealkylation sites (N-methyl/N-ethyl adjacent to an activating group) is 1. The highest BCUT2D eigenvalue weighted by Gasteiger charge is 2.18. The van der Waals surface area contributed by atoms with Gasteiger partial charge in [0.25, 0.3) is 0 Å². The van der Waals surface area contributed by atoms with E-state index >= 15 is 0 Å². The van der Waals surface area contributed by atoms with E-state index in [0.29, 0.717) is 6.42 Å². The molecule has 0 aliphatic rings. The fraction of sp³-hybridized carbons (Fsp3) is 0.238. The first kappa shape index (κ1) is 17.4. The fourth-order valence-corrected chi connectivity index (χ4v) is 3.49. The van der Waals surface area contributed by atoms with Crippen molar-refractivity contribution < 1.29 is 4.79 Å². The second kappa shape index (κ2) is 7.62. The minimum absolute atomic E-state index is 0.0453. The Morgan fingerprint density at radius 3 is 2.48 bits per heavy atom. The second-order valence-electron chi connectivity index (χ2n) is 6.28. The van der Waals surface area contributed by atoms with E-state index in [1.165, 1.54) is 5.56 Å². The number of carbonyl (C=O) groups excluding carboxylic acids is 1. The van der Waals surface area contributed by atoms with E-state index < -0.39 is 0 Å². The summed E-state index contributed by atoms with van der Waals surface area (Å²) in [6.45, 7) is 4.12. The van der Waals surface area contributed by atoms with Crippen molar-refractivity contribution in [2.24, 2.45) is 0 Å². The molecule has 1 atom stereocenters. The Balaban J connectivity index is 1.68. The van der Waals surface area contributed by atoms with E-state index in [4.69, 9.17) is 0 Å². The van der Waals surface area contributed by atoms with E-state index in [2.05, 4.69) is 36.2 Å². The number of hydrogen-bond donors (Lipinski definition) is 0. The van der Waals surface area contributed by atoms with Crippen LogP contribution in [0.5, 0.6) is 0 Å². The van der Waals surface area contributed by atoms with Gasteiger partial charge in [-0.05, 0) is 19.4 Å². The highest BCUT2D eigenvalue weighted by Crippen LogP contribution is 2.25. The van der Waals surface area contributed by atoms with Crippen LogP contribution in [0.15, 0.2) is 60.0 Å². The van der Waals surface area contributed by atoms with Crippen molar-refractivity contribution in [1.29, 1.82) is 0 Å². The molecule has 2 aromatic carbocycles. The molecule has 1 aromatic heterocycles. The summed E-state index contributed by atoms with van der Waals surface area (Å²) < 4.78 is 0. The van der Waals surface area contributed by atoms with Crippen molar-refractivity contribution in [2.75, 3.05) is 7.05 Å². The van der Waals surface area contributed by atoms with E-state index in [0.717, 1.165) is 21.8 Å². The fourth-order valence-electron chi connectivity index (χ4n) is 2.67. The Kier molecular flexibility index (Phi) is 5.29. The molecule has 1 heterocycles. The van der Waals surface area contributed by atoms with Gasteiger partial charge in [-0.3, -0.25) is 4.79 Å². The number of aryl methyl sites for hydroxylation is 1. The minimum Gasteiger partial charge on any atom is -0.339 e. The summed E-state index contributed by atoms with van der Waals surface area (Å²) in [6.07, 6.45) is 0.329. The normalized spacial score (nSPS) is 12.0. The summed E-state index contributed by atoms with van der Waals surface area (Å²) in [7, 11) is 1.85. The maximum Gasteiger partial charge on any atom is 0.228 e. The molecule has 0 saturated carbocycles. The average Bonchev–Trinajstić information content (AvgIpc) is 3.10. The minimum atomic E-state index is 0.0453. The van der Waals surface area contributed by atoms with Crippen LogP contribution >= 0.6 is 11.3 Å². The zero-order valence-corrected chi connectivity index (χ0v) is 15.6. The van der Waals surface area contributed by atoms with Gasteiger partial charge < -0.3 is 4.90 Å². The molecule has 1 amide bonds. The Morgan fingerprint density at radius 1 is 1.12 bits per heavy atom. The number of rotatable bonds is 5. The van der Waals surface area contributed by atoms with Gasteiger partial charge in [0.1, 0.15) is 5.01 Å². The van der Waals surface area contributed by atoms with Crippen molar-refractivity contribution >= 4 is 17.2 Å². The van der Waals surface area contributed by atoms with Crippen LogP contribution in [-0.4, -0.2) is 22.8 Å². The van der Waals surface area contributed by atoms with Crippen LogP contribution in [-0.2, 0) is 11.2 Å². The van der Waals surface area contributed by atoms with Gasteiger partial charge in [0.15, 0.2) is 0 Å². The molecule has 128 valence electrons. The van der Waals surface area contributed by atoms with Gasteiger partial charge in [0, 0.05) is 18.0 Å². The largest absolute Gasteiger partial charge is 0.339 e. The zero-order chi connectivity index (χ0) is 17.8. The molecule has 4 heteroatoms. The Labute approximate surface area is 153 Å². The quantitative estimate of drug-likeness (QED) is 0.657. The highest BCUT2D eigenvalue weighted by molar-refractivity contribution is 7.13. The van der Waals surface area contributed by atoms with Crippen LogP contribution in [0.3, 0.4) is 0 Å². The van der Waals surface area contributed by atoms with Gasteiger partial charge in [0.2, 0.25) is 5.91 Å². The van der Waals surface area contributed by atoms with E-state index in [9.17, 15) is 4.79 Å². The molecule has 0 saturated heterocycles. The Morgan fingerprint density at radius 2 is 1.80 bits per heavy atom. The van der Waals surface area contributed by atoms with E-state index in [1.54, 1.807) is 16.2 Å². The van der Waals surface area contributed by atoms with Gasteiger partial charge in [-0.25, -0.2) is 4.98 Å². The molecule has 0 fully saturated rings. The van der Waals surface area contributed by atoms with Crippen LogP contribution in [0.2, 0.25) is 0 Å². The summed E-state index contributed by atoms with van der Waals surface area (Å²) >= 11 is 1.59. The molecule has 0 N–H and O–H groups in total. The van der Waals surface area contributed by atoms with Crippen molar-refractivity contribution in [2.45, 2.75) is 26.3 Å².